The van der Waals surface area contributed by atoms with Crippen LogP contribution < -0.4 is 20.9 Å². The summed E-state index contributed by atoms with van der Waals surface area (Å²) in [6, 6.07) is 5.26. The van der Waals surface area contributed by atoms with Gasteiger partial charge in [0, 0.05) is 25.2 Å². The number of halogens is 1. The molecule has 0 unspecified atom stereocenters. The van der Waals surface area contributed by atoms with Crippen LogP contribution in [-0.2, 0) is 24.9 Å². The third kappa shape index (κ3) is 2.62. The van der Waals surface area contributed by atoms with E-state index in [4.69, 9.17) is 16.3 Å². The summed E-state index contributed by atoms with van der Waals surface area (Å²) in [6.45, 7) is 2.12. The van der Waals surface area contributed by atoms with Gasteiger partial charge in [-0.25, -0.2) is 4.79 Å². The predicted molar refractivity (Wildman–Crippen MR) is 105 cm³/mol. The highest BCUT2D eigenvalue weighted by molar-refractivity contribution is 6.31. The molecule has 1 aliphatic heterocycles. The highest BCUT2D eigenvalue weighted by atomic mass is 35.5. The molecule has 0 saturated carbocycles. The first-order valence-corrected chi connectivity index (χ1v) is 9.02. The molecule has 28 heavy (non-hydrogen) atoms. The molecule has 0 atom stereocenters. The monoisotopic (exact) mass is 403 g/mol. The van der Waals surface area contributed by atoms with E-state index in [2.05, 4.69) is 4.98 Å². The number of hydrogen-bond acceptors (Lipinski definition) is 6. The maximum atomic E-state index is 13.0. The smallest absolute Gasteiger partial charge is 0.332 e. The van der Waals surface area contributed by atoms with Crippen molar-refractivity contribution >= 4 is 40.2 Å². The molecule has 0 aliphatic carbocycles. The van der Waals surface area contributed by atoms with Crippen molar-refractivity contribution in [3.63, 3.8) is 0 Å². The molecule has 0 N–H and O–H groups in total. The minimum absolute atomic E-state index is 0.270. The average Bonchev–Trinajstić information content (AvgIpc) is 3.22. The molecular formula is C18H18ClN5O4. The molecule has 3 aromatic rings. The van der Waals surface area contributed by atoms with Crippen LogP contribution in [0.15, 0.2) is 27.8 Å². The SMILES string of the molecule is COc1ccc(Cl)cc1N1CCn2c1nc1c2c(=O)n(CC(C)=O)c(=O)n1C. The number of rotatable bonds is 4. The maximum Gasteiger partial charge on any atom is 0.332 e. The number of fused-ring (bicyclic) bond motifs is 3. The van der Waals surface area contributed by atoms with Crippen LogP contribution in [-0.4, -0.2) is 38.1 Å². The second-order valence-electron chi connectivity index (χ2n) is 6.64. The van der Waals surface area contributed by atoms with Gasteiger partial charge in [0.15, 0.2) is 11.2 Å². The number of ketones is 1. The molecule has 2 aromatic heterocycles. The van der Waals surface area contributed by atoms with Gasteiger partial charge in [0.05, 0.1) is 19.3 Å². The van der Waals surface area contributed by atoms with Crippen LogP contribution in [0.2, 0.25) is 5.02 Å². The van der Waals surface area contributed by atoms with Gasteiger partial charge in [-0.2, -0.15) is 4.98 Å². The predicted octanol–water partition coefficient (Wildman–Crippen LogP) is 1.30. The summed E-state index contributed by atoms with van der Waals surface area (Å²) in [7, 11) is 3.10. The van der Waals surface area contributed by atoms with Crippen LogP contribution in [0.25, 0.3) is 11.2 Å². The Hall–Kier alpha value is -3.07. The van der Waals surface area contributed by atoms with E-state index in [1.165, 1.54) is 18.5 Å². The second kappa shape index (κ2) is 6.52. The summed E-state index contributed by atoms with van der Waals surface area (Å²) in [5, 5.41) is 0.543. The summed E-state index contributed by atoms with van der Waals surface area (Å²) in [5.74, 6) is 0.862. The number of nitrogens with zero attached hydrogens (tertiary/aromatic N) is 5. The third-order valence-corrected chi connectivity index (χ3v) is 5.05. The van der Waals surface area contributed by atoms with Crippen molar-refractivity contribution in [3.8, 4) is 5.75 Å². The number of carbonyl (C=O) groups is 1. The van der Waals surface area contributed by atoms with E-state index in [1.807, 2.05) is 4.90 Å². The minimum Gasteiger partial charge on any atom is -0.495 e. The Balaban J connectivity index is 1.97. The molecule has 10 heteroatoms. The fourth-order valence-electron chi connectivity index (χ4n) is 3.54. The lowest BCUT2D eigenvalue weighted by Gasteiger charge is -2.19. The minimum atomic E-state index is -0.573. The number of carbonyl (C=O) groups excluding carboxylic acids is 1. The Morgan fingerprint density at radius 3 is 2.71 bits per heavy atom. The zero-order chi connectivity index (χ0) is 20.2. The zero-order valence-corrected chi connectivity index (χ0v) is 16.4. The summed E-state index contributed by atoms with van der Waals surface area (Å²) < 4.78 is 9.43. The Kier molecular flexibility index (Phi) is 4.26. The molecule has 0 bridgehead atoms. The number of ether oxygens (including phenoxy) is 1. The van der Waals surface area contributed by atoms with Gasteiger partial charge in [0.1, 0.15) is 11.5 Å². The maximum absolute atomic E-state index is 13.0. The van der Waals surface area contributed by atoms with E-state index in [0.29, 0.717) is 35.3 Å². The lowest BCUT2D eigenvalue weighted by Crippen LogP contribution is -2.41. The Morgan fingerprint density at radius 2 is 2.04 bits per heavy atom. The highest BCUT2D eigenvalue weighted by Gasteiger charge is 2.30. The first kappa shape index (κ1) is 18.3. The highest BCUT2D eigenvalue weighted by Crippen LogP contribution is 2.38. The van der Waals surface area contributed by atoms with E-state index < -0.39 is 11.2 Å². The molecule has 4 rings (SSSR count). The summed E-state index contributed by atoms with van der Waals surface area (Å²) in [6.07, 6.45) is 0. The molecule has 146 valence electrons. The van der Waals surface area contributed by atoms with Gasteiger partial charge in [-0.1, -0.05) is 11.6 Å². The Morgan fingerprint density at radius 1 is 1.29 bits per heavy atom. The van der Waals surface area contributed by atoms with Gasteiger partial charge in [-0.3, -0.25) is 18.7 Å². The van der Waals surface area contributed by atoms with Crippen LogP contribution in [0.5, 0.6) is 5.75 Å². The van der Waals surface area contributed by atoms with Crippen molar-refractivity contribution in [3.05, 3.63) is 44.1 Å². The first-order valence-electron chi connectivity index (χ1n) is 8.64. The van der Waals surface area contributed by atoms with E-state index in [-0.39, 0.29) is 18.0 Å². The summed E-state index contributed by atoms with van der Waals surface area (Å²) in [4.78, 5) is 43.4. The van der Waals surface area contributed by atoms with Crippen molar-refractivity contribution < 1.29 is 9.53 Å². The van der Waals surface area contributed by atoms with Crippen LogP contribution in [0.4, 0.5) is 11.6 Å². The van der Waals surface area contributed by atoms with Gasteiger partial charge in [-0.05, 0) is 25.1 Å². The number of anilines is 2. The van der Waals surface area contributed by atoms with Crippen molar-refractivity contribution in [2.45, 2.75) is 20.0 Å². The molecule has 3 heterocycles. The standard InChI is InChI=1S/C18H18ClN5O4/c1-10(25)9-24-16(26)14-15(21(2)18(24)27)20-17-22(6-7-23(14)17)12-8-11(19)4-5-13(12)28-3/h4-5,8H,6-7,9H2,1-3H3. The molecule has 1 aliphatic rings. The largest absolute Gasteiger partial charge is 0.495 e. The van der Waals surface area contributed by atoms with Gasteiger partial charge < -0.3 is 14.2 Å². The average molecular weight is 404 g/mol. The second-order valence-corrected chi connectivity index (χ2v) is 7.07. The fraction of sp³-hybridized carbons (Fsp3) is 0.333. The first-order chi connectivity index (χ1) is 13.3. The van der Waals surface area contributed by atoms with E-state index >= 15 is 0 Å². The van der Waals surface area contributed by atoms with E-state index in [0.717, 1.165) is 10.3 Å². The van der Waals surface area contributed by atoms with E-state index in [1.54, 1.807) is 29.9 Å². The van der Waals surface area contributed by atoms with Crippen molar-refractivity contribution in [2.24, 2.45) is 7.05 Å². The molecule has 1 aromatic carbocycles. The number of aromatic nitrogens is 4. The number of benzene rings is 1. The van der Waals surface area contributed by atoms with Crippen LogP contribution in [0.3, 0.4) is 0 Å². The Bertz CT molecular complexity index is 1240. The van der Waals surface area contributed by atoms with Crippen LogP contribution >= 0.6 is 11.6 Å². The fourth-order valence-corrected chi connectivity index (χ4v) is 3.71. The molecule has 0 saturated heterocycles. The lowest BCUT2D eigenvalue weighted by molar-refractivity contribution is -0.117. The topological polar surface area (TPSA) is 91.4 Å². The van der Waals surface area contributed by atoms with Crippen molar-refractivity contribution in [2.75, 3.05) is 18.6 Å². The van der Waals surface area contributed by atoms with E-state index in [9.17, 15) is 14.4 Å². The van der Waals surface area contributed by atoms with Crippen molar-refractivity contribution in [1.82, 2.24) is 18.7 Å². The molecule has 0 fully saturated rings. The number of methoxy groups -OCH3 is 1. The Labute approximate surface area is 164 Å². The van der Waals surface area contributed by atoms with Gasteiger partial charge in [-0.15, -0.1) is 0 Å². The van der Waals surface area contributed by atoms with Gasteiger partial charge in [0.25, 0.3) is 5.56 Å². The number of hydrogen-bond donors (Lipinski definition) is 0. The molecule has 0 amide bonds. The summed E-state index contributed by atoms with van der Waals surface area (Å²) >= 11 is 6.16. The van der Waals surface area contributed by atoms with Crippen LogP contribution in [0, 0.1) is 0 Å². The third-order valence-electron chi connectivity index (χ3n) is 4.81. The summed E-state index contributed by atoms with van der Waals surface area (Å²) in [5.41, 5.74) is 0.193. The quantitative estimate of drug-likeness (QED) is 0.652. The number of Topliss-reactive ketones (excluding diaryl/α,β-unsaturated/α-hetero) is 1. The normalized spacial score (nSPS) is 13.2. The molecule has 0 radical (unpaired) electrons. The van der Waals surface area contributed by atoms with Gasteiger partial charge in [0.2, 0.25) is 5.95 Å². The van der Waals surface area contributed by atoms with Crippen molar-refractivity contribution in [1.29, 1.82) is 0 Å². The molecular weight excluding hydrogens is 386 g/mol. The number of imidazole rings is 1. The zero-order valence-electron chi connectivity index (χ0n) is 15.6. The molecule has 0 spiro atoms. The number of aryl methyl sites for hydroxylation is 1. The lowest BCUT2D eigenvalue weighted by atomic mass is 10.2. The van der Waals surface area contributed by atoms with Gasteiger partial charge >= 0.3 is 5.69 Å². The molecule has 9 nitrogen and oxygen atoms in total. The van der Waals surface area contributed by atoms with Crippen LogP contribution in [0.1, 0.15) is 6.92 Å².